The van der Waals surface area contributed by atoms with Crippen LogP contribution in [0.15, 0.2) is 0 Å². The molecule has 0 aromatic rings. The molecule has 0 saturated heterocycles. The molecule has 5 nitrogen and oxygen atoms in total. The van der Waals surface area contributed by atoms with Crippen molar-refractivity contribution >= 4 is 11.9 Å². The Morgan fingerprint density at radius 3 is 2.24 bits per heavy atom. The minimum absolute atomic E-state index is 0.131. The summed E-state index contributed by atoms with van der Waals surface area (Å²) in [7, 11) is 0. The maximum atomic E-state index is 11.9. The van der Waals surface area contributed by atoms with E-state index in [0.29, 0.717) is 25.6 Å². The van der Waals surface area contributed by atoms with Crippen molar-refractivity contribution in [2.24, 2.45) is 0 Å². The highest BCUT2D eigenvalue weighted by atomic mass is 16.4. The van der Waals surface area contributed by atoms with Crippen LogP contribution in [0.5, 0.6) is 0 Å². The number of aliphatic carboxylic acids is 1. The predicted octanol–water partition coefficient (Wildman–Crippen LogP) is 1.09. The van der Waals surface area contributed by atoms with Gasteiger partial charge in [0.1, 0.15) is 5.54 Å². The minimum atomic E-state index is -1.15. The average Bonchev–Trinajstić information content (AvgIpc) is 2.17. The smallest absolute Gasteiger partial charge is 0.329 e. The van der Waals surface area contributed by atoms with Gasteiger partial charge < -0.3 is 15.3 Å². The Labute approximate surface area is 103 Å². The minimum Gasteiger partial charge on any atom is -0.480 e. The fraction of sp³-hybridized carbons (Fsp3) is 0.833. The lowest BCUT2D eigenvalue weighted by Gasteiger charge is -2.34. The van der Waals surface area contributed by atoms with Gasteiger partial charge >= 0.3 is 5.97 Å². The second-order valence-corrected chi connectivity index (χ2v) is 4.86. The van der Waals surface area contributed by atoms with Crippen LogP contribution in [0, 0.1) is 0 Å². The second kappa shape index (κ2) is 6.59. The number of amides is 1. The Balaban J connectivity index is 4.46. The van der Waals surface area contributed by atoms with Gasteiger partial charge in [-0.3, -0.25) is 4.79 Å². The Morgan fingerprint density at radius 2 is 1.88 bits per heavy atom. The Kier molecular flexibility index (Phi) is 6.16. The van der Waals surface area contributed by atoms with Crippen LogP contribution < -0.4 is 5.32 Å². The highest BCUT2D eigenvalue weighted by Gasteiger charge is 2.36. The third kappa shape index (κ3) is 4.73. The van der Waals surface area contributed by atoms with Crippen LogP contribution in [0.4, 0.5) is 0 Å². The zero-order valence-corrected chi connectivity index (χ0v) is 11.4. The normalized spacial score (nSPS) is 11.6. The quantitative estimate of drug-likeness (QED) is 0.703. The van der Waals surface area contributed by atoms with Gasteiger partial charge in [0.25, 0.3) is 0 Å². The number of carboxylic acid groups (broad SMARTS) is 1. The number of nitrogens with one attached hydrogen (secondary N) is 1. The third-order valence-electron chi connectivity index (χ3n) is 2.71. The first-order valence-electron chi connectivity index (χ1n) is 6.00. The number of nitrogens with zero attached hydrogens (tertiary/aromatic N) is 1. The molecule has 0 bridgehead atoms. The van der Waals surface area contributed by atoms with Gasteiger partial charge in [0.05, 0.1) is 0 Å². The zero-order valence-electron chi connectivity index (χ0n) is 11.4. The molecule has 5 heteroatoms. The first-order valence-corrected chi connectivity index (χ1v) is 6.00. The summed E-state index contributed by atoms with van der Waals surface area (Å²) >= 11 is 0. The van der Waals surface area contributed by atoms with Crippen LogP contribution in [0.1, 0.15) is 41.0 Å². The number of hydrogen-bond donors (Lipinski definition) is 2. The molecule has 0 radical (unpaired) electrons. The van der Waals surface area contributed by atoms with Crippen molar-refractivity contribution in [2.75, 3.05) is 13.1 Å². The summed E-state index contributed by atoms with van der Waals surface area (Å²) in [5.74, 6) is -1.11. The van der Waals surface area contributed by atoms with E-state index in [0.717, 1.165) is 0 Å². The second-order valence-electron chi connectivity index (χ2n) is 4.86. The lowest BCUT2D eigenvalue weighted by molar-refractivity contribution is -0.156. The summed E-state index contributed by atoms with van der Waals surface area (Å²) in [6, 6.07) is 0.324. The van der Waals surface area contributed by atoms with Crippen molar-refractivity contribution in [1.82, 2.24) is 10.2 Å². The Bertz CT molecular complexity index is 275. The molecule has 0 aromatic carbocycles. The monoisotopic (exact) mass is 244 g/mol. The van der Waals surface area contributed by atoms with Gasteiger partial charge in [-0.15, -0.1) is 0 Å². The van der Waals surface area contributed by atoms with E-state index in [4.69, 9.17) is 5.11 Å². The van der Waals surface area contributed by atoms with E-state index in [1.807, 2.05) is 13.8 Å². The van der Waals surface area contributed by atoms with Gasteiger partial charge in [-0.05, 0) is 20.8 Å². The van der Waals surface area contributed by atoms with Crippen molar-refractivity contribution in [3.05, 3.63) is 0 Å². The molecule has 0 aromatic heterocycles. The molecule has 2 N–H and O–H groups in total. The molecule has 0 aliphatic carbocycles. The van der Waals surface area contributed by atoms with Crippen LogP contribution in [-0.4, -0.2) is 46.6 Å². The molecule has 17 heavy (non-hydrogen) atoms. The van der Waals surface area contributed by atoms with Crippen LogP contribution in [-0.2, 0) is 9.59 Å². The molecule has 1 amide bonds. The van der Waals surface area contributed by atoms with E-state index in [2.05, 4.69) is 5.32 Å². The summed E-state index contributed by atoms with van der Waals surface area (Å²) in [5, 5.41) is 12.2. The topological polar surface area (TPSA) is 69.6 Å². The van der Waals surface area contributed by atoms with Crippen molar-refractivity contribution in [2.45, 2.75) is 52.6 Å². The van der Waals surface area contributed by atoms with E-state index in [1.165, 1.54) is 4.90 Å². The van der Waals surface area contributed by atoms with Crippen molar-refractivity contribution in [1.29, 1.82) is 0 Å². The molecule has 0 unspecified atom stereocenters. The van der Waals surface area contributed by atoms with Crippen molar-refractivity contribution < 1.29 is 14.7 Å². The van der Waals surface area contributed by atoms with Gasteiger partial charge in [0.15, 0.2) is 0 Å². The number of hydrogen-bond acceptors (Lipinski definition) is 3. The molecule has 0 aliphatic rings. The number of rotatable bonds is 7. The van der Waals surface area contributed by atoms with Crippen LogP contribution in [0.2, 0.25) is 0 Å². The maximum absolute atomic E-state index is 11.9. The summed E-state index contributed by atoms with van der Waals surface area (Å²) in [4.78, 5) is 24.4. The van der Waals surface area contributed by atoms with Gasteiger partial charge in [-0.2, -0.15) is 0 Å². The molecule has 0 aliphatic heterocycles. The van der Waals surface area contributed by atoms with Crippen LogP contribution >= 0.6 is 0 Å². The highest BCUT2D eigenvalue weighted by Crippen LogP contribution is 2.15. The lowest BCUT2D eigenvalue weighted by atomic mass is 10.0. The predicted molar refractivity (Wildman–Crippen MR) is 66.9 cm³/mol. The number of likely N-dealkylation sites (N-methyl/N-ethyl adjacent to an activating group) is 1. The van der Waals surface area contributed by atoms with Gasteiger partial charge in [-0.25, -0.2) is 4.79 Å². The van der Waals surface area contributed by atoms with E-state index in [-0.39, 0.29) is 5.91 Å². The van der Waals surface area contributed by atoms with Crippen molar-refractivity contribution in [3.63, 3.8) is 0 Å². The van der Waals surface area contributed by atoms with Crippen LogP contribution in [0.3, 0.4) is 0 Å². The first kappa shape index (κ1) is 15.9. The molecular weight excluding hydrogens is 220 g/mol. The zero-order chi connectivity index (χ0) is 13.6. The SMILES string of the molecule is CCN(C(=O)CCNC(C)C)C(C)(C)C(=O)O. The summed E-state index contributed by atoms with van der Waals surface area (Å²) in [5.41, 5.74) is -1.15. The molecule has 100 valence electrons. The highest BCUT2D eigenvalue weighted by molar-refractivity contribution is 5.86. The van der Waals surface area contributed by atoms with Crippen molar-refractivity contribution in [3.8, 4) is 0 Å². The average molecular weight is 244 g/mol. The van der Waals surface area contributed by atoms with E-state index >= 15 is 0 Å². The number of carbonyl (C=O) groups excluding carboxylic acids is 1. The van der Waals surface area contributed by atoms with Gasteiger partial charge in [-0.1, -0.05) is 13.8 Å². The third-order valence-corrected chi connectivity index (χ3v) is 2.71. The standard InChI is InChI=1S/C12H24N2O3/c1-6-14(12(4,5)11(16)17)10(15)7-8-13-9(2)3/h9,13H,6-8H2,1-5H3,(H,16,17). The summed E-state index contributed by atoms with van der Waals surface area (Å²) in [6.07, 6.45) is 0.322. The lowest BCUT2D eigenvalue weighted by Crippen LogP contribution is -2.53. The molecule has 0 rings (SSSR count). The van der Waals surface area contributed by atoms with E-state index < -0.39 is 11.5 Å². The van der Waals surface area contributed by atoms with E-state index in [1.54, 1.807) is 20.8 Å². The molecular formula is C12H24N2O3. The number of carboxylic acids is 1. The molecule has 0 saturated carbocycles. The van der Waals surface area contributed by atoms with Gasteiger partial charge in [0.2, 0.25) is 5.91 Å². The first-order chi connectivity index (χ1) is 7.73. The molecule has 0 atom stereocenters. The summed E-state index contributed by atoms with van der Waals surface area (Å²) < 4.78 is 0. The largest absolute Gasteiger partial charge is 0.480 e. The summed E-state index contributed by atoms with van der Waals surface area (Å²) in [6.45, 7) is 9.87. The molecule has 0 fully saturated rings. The number of carbonyl (C=O) groups is 2. The fourth-order valence-corrected chi connectivity index (χ4v) is 1.60. The molecule has 0 spiro atoms. The van der Waals surface area contributed by atoms with Gasteiger partial charge in [0, 0.05) is 25.6 Å². The Morgan fingerprint density at radius 1 is 1.35 bits per heavy atom. The van der Waals surface area contributed by atoms with E-state index in [9.17, 15) is 9.59 Å². The Hall–Kier alpha value is -1.10. The van der Waals surface area contributed by atoms with Crippen LogP contribution in [0.25, 0.3) is 0 Å². The maximum Gasteiger partial charge on any atom is 0.329 e. The fourth-order valence-electron chi connectivity index (χ4n) is 1.60. The molecule has 0 heterocycles.